The molecule has 0 radical (unpaired) electrons. The van der Waals surface area contributed by atoms with Gasteiger partial charge in [-0.3, -0.25) is 14.6 Å². The molecule has 6 rings (SSSR count). The van der Waals surface area contributed by atoms with Crippen molar-refractivity contribution in [3.63, 3.8) is 0 Å². The average Bonchev–Trinajstić information content (AvgIpc) is 3.51. The number of hydrogen-bond donors (Lipinski definition) is 1. The van der Waals surface area contributed by atoms with Gasteiger partial charge in [0.15, 0.2) is 0 Å². The number of aliphatic imine (C=N–C) groups is 1. The van der Waals surface area contributed by atoms with E-state index in [4.69, 9.17) is 18.9 Å². The highest BCUT2D eigenvalue weighted by Gasteiger charge is 2.29. The number of pyridine rings is 1. The summed E-state index contributed by atoms with van der Waals surface area (Å²) in [6, 6.07) is 7.69. The zero-order valence-corrected chi connectivity index (χ0v) is 23.7. The van der Waals surface area contributed by atoms with Crippen molar-refractivity contribution in [3.05, 3.63) is 66.0 Å². The van der Waals surface area contributed by atoms with Crippen LogP contribution in [-0.2, 0) is 21.3 Å². The first-order valence-corrected chi connectivity index (χ1v) is 15.0. The van der Waals surface area contributed by atoms with E-state index >= 15 is 0 Å². The SMILES string of the molecule is COc1ncc(-c2ccc3c(c2)C2=C(c4ncc(CN5CC(C)OC(C)C5)o4)C=CCC2=N3)cc1NS(C)(=O)=O. The number of nitrogens with one attached hydrogen (secondary N) is 1. The molecule has 2 aliphatic heterocycles. The Balaban J connectivity index is 1.34. The number of benzene rings is 1. The molecule has 0 spiro atoms. The summed E-state index contributed by atoms with van der Waals surface area (Å²) in [4.78, 5) is 16.2. The summed E-state index contributed by atoms with van der Waals surface area (Å²) in [5.41, 5.74) is 6.57. The van der Waals surface area contributed by atoms with E-state index in [9.17, 15) is 8.42 Å². The molecule has 208 valence electrons. The van der Waals surface area contributed by atoms with E-state index in [-0.39, 0.29) is 23.8 Å². The van der Waals surface area contributed by atoms with Gasteiger partial charge in [0.2, 0.25) is 21.8 Å². The minimum Gasteiger partial charge on any atom is -0.480 e. The average molecular weight is 562 g/mol. The van der Waals surface area contributed by atoms with E-state index in [0.717, 1.165) is 64.3 Å². The van der Waals surface area contributed by atoms with Crippen LogP contribution in [0.4, 0.5) is 11.4 Å². The maximum absolute atomic E-state index is 11.9. The summed E-state index contributed by atoms with van der Waals surface area (Å²) in [6.07, 6.45) is 9.76. The second-order valence-corrected chi connectivity index (χ2v) is 12.2. The lowest BCUT2D eigenvalue weighted by Gasteiger charge is -2.34. The zero-order chi connectivity index (χ0) is 28.0. The third-order valence-electron chi connectivity index (χ3n) is 7.01. The molecule has 2 unspecified atom stereocenters. The van der Waals surface area contributed by atoms with Crippen LogP contribution < -0.4 is 9.46 Å². The van der Waals surface area contributed by atoms with Gasteiger partial charge in [-0.15, -0.1) is 0 Å². The van der Waals surface area contributed by atoms with E-state index in [0.29, 0.717) is 18.9 Å². The number of aromatic nitrogens is 2. The van der Waals surface area contributed by atoms with E-state index in [1.165, 1.54) is 7.11 Å². The van der Waals surface area contributed by atoms with Gasteiger partial charge in [0.25, 0.3) is 0 Å². The maximum Gasteiger partial charge on any atom is 0.238 e. The van der Waals surface area contributed by atoms with Gasteiger partial charge in [0.1, 0.15) is 11.4 Å². The van der Waals surface area contributed by atoms with Crippen molar-refractivity contribution in [2.24, 2.45) is 4.99 Å². The smallest absolute Gasteiger partial charge is 0.238 e. The Hall–Kier alpha value is -3.80. The quantitative estimate of drug-likeness (QED) is 0.442. The maximum atomic E-state index is 11.9. The van der Waals surface area contributed by atoms with Crippen molar-refractivity contribution >= 4 is 38.3 Å². The standard InChI is InChI=1S/C29H31N5O5S/c1-17-14-34(15-18(2)38-17)16-21-13-31-28(39-21)22-6-5-7-25-27(22)23-10-19(8-9-24(23)32-25)20-11-26(33-40(4,35)36)29(37-3)30-12-20/h5-6,8-13,17-18,33H,7,14-16H2,1-4H3. The van der Waals surface area contributed by atoms with Crippen molar-refractivity contribution in [3.8, 4) is 17.0 Å². The van der Waals surface area contributed by atoms with Crippen LogP contribution in [0, 0.1) is 0 Å². The summed E-state index contributed by atoms with van der Waals surface area (Å²) in [7, 11) is -2.07. The number of sulfonamides is 1. The predicted octanol–water partition coefficient (Wildman–Crippen LogP) is 4.68. The van der Waals surface area contributed by atoms with Gasteiger partial charge in [-0.1, -0.05) is 18.2 Å². The number of oxazole rings is 1. The molecule has 3 aromatic rings. The van der Waals surface area contributed by atoms with Crippen LogP contribution in [0.15, 0.2) is 58.2 Å². The summed E-state index contributed by atoms with van der Waals surface area (Å²) in [5, 5.41) is 0. The number of fused-ring (bicyclic) bond motifs is 3. The van der Waals surface area contributed by atoms with Gasteiger partial charge in [-0.05, 0) is 37.6 Å². The third-order valence-corrected chi connectivity index (χ3v) is 7.60. The van der Waals surface area contributed by atoms with Crippen molar-refractivity contribution < 1.29 is 22.3 Å². The Bertz CT molecular complexity index is 1660. The number of rotatable bonds is 7. The molecular weight excluding hydrogens is 530 g/mol. The minimum atomic E-state index is -3.52. The third kappa shape index (κ3) is 5.32. The van der Waals surface area contributed by atoms with E-state index in [1.807, 2.05) is 18.2 Å². The fraction of sp³-hybridized carbons (Fsp3) is 0.345. The number of morpholine rings is 1. The van der Waals surface area contributed by atoms with Crippen molar-refractivity contribution in [1.82, 2.24) is 14.9 Å². The van der Waals surface area contributed by atoms with Crippen LogP contribution in [0.2, 0.25) is 0 Å². The van der Waals surface area contributed by atoms with Crippen LogP contribution >= 0.6 is 0 Å². The number of methoxy groups -OCH3 is 1. The largest absolute Gasteiger partial charge is 0.480 e. The highest BCUT2D eigenvalue weighted by Crippen LogP contribution is 2.44. The second kappa shape index (κ2) is 10.3. The molecule has 1 aliphatic carbocycles. The molecule has 2 atom stereocenters. The van der Waals surface area contributed by atoms with Crippen LogP contribution in [0.3, 0.4) is 0 Å². The molecule has 1 aromatic carbocycles. The highest BCUT2D eigenvalue weighted by atomic mass is 32.2. The molecule has 0 saturated carbocycles. The molecule has 3 aliphatic rings. The number of hydrogen-bond acceptors (Lipinski definition) is 9. The Labute approximate surface area is 233 Å². The van der Waals surface area contributed by atoms with Gasteiger partial charge in [-0.2, -0.15) is 0 Å². The van der Waals surface area contributed by atoms with Crippen LogP contribution in [0.25, 0.3) is 22.3 Å². The van der Waals surface area contributed by atoms with Crippen LogP contribution in [0.5, 0.6) is 5.88 Å². The number of ether oxygens (including phenoxy) is 2. The van der Waals surface area contributed by atoms with Gasteiger partial charge in [-0.25, -0.2) is 18.4 Å². The number of anilines is 1. The second-order valence-electron chi connectivity index (χ2n) is 10.4. The number of nitrogens with zero attached hydrogens (tertiary/aromatic N) is 4. The Morgan fingerprint density at radius 2 is 1.90 bits per heavy atom. The first-order valence-electron chi connectivity index (χ1n) is 13.1. The Kier molecular flexibility index (Phi) is 6.81. The fourth-order valence-corrected chi connectivity index (χ4v) is 6.10. The molecule has 1 saturated heterocycles. The molecule has 1 fully saturated rings. The van der Waals surface area contributed by atoms with Gasteiger partial charge >= 0.3 is 0 Å². The van der Waals surface area contributed by atoms with E-state index < -0.39 is 10.0 Å². The predicted molar refractivity (Wildman–Crippen MR) is 154 cm³/mol. The molecule has 0 amide bonds. The van der Waals surface area contributed by atoms with E-state index in [2.05, 4.69) is 45.6 Å². The summed E-state index contributed by atoms with van der Waals surface area (Å²) < 4.78 is 43.7. The van der Waals surface area contributed by atoms with Crippen molar-refractivity contribution in [2.75, 3.05) is 31.2 Å². The van der Waals surface area contributed by atoms with Crippen molar-refractivity contribution in [1.29, 1.82) is 0 Å². The Morgan fingerprint density at radius 1 is 1.10 bits per heavy atom. The topological polar surface area (TPSA) is 119 Å². The van der Waals surface area contributed by atoms with E-state index in [1.54, 1.807) is 18.5 Å². The highest BCUT2D eigenvalue weighted by molar-refractivity contribution is 7.92. The first kappa shape index (κ1) is 26.4. The lowest BCUT2D eigenvalue weighted by molar-refractivity contribution is -0.0718. The summed E-state index contributed by atoms with van der Waals surface area (Å²) >= 11 is 0. The molecule has 10 nitrogen and oxygen atoms in total. The van der Waals surface area contributed by atoms with Gasteiger partial charge < -0.3 is 13.9 Å². The molecule has 11 heteroatoms. The molecule has 0 bridgehead atoms. The zero-order valence-electron chi connectivity index (χ0n) is 22.8. The first-order chi connectivity index (χ1) is 19.2. The Morgan fingerprint density at radius 3 is 2.65 bits per heavy atom. The van der Waals surface area contributed by atoms with Gasteiger partial charge in [0.05, 0.1) is 49.7 Å². The normalized spacial score (nSPS) is 20.8. The van der Waals surface area contributed by atoms with Crippen LogP contribution in [0.1, 0.15) is 37.5 Å². The van der Waals surface area contributed by atoms with Crippen LogP contribution in [-0.4, -0.2) is 67.7 Å². The van der Waals surface area contributed by atoms with Crippen molar-refractivity contribution in [2.45, 2.75) is 39.0 Å². The fourth-order valence-electron chi connectivity index (χ4n) is 5.55. The van der Waals surface area contributed by atoms with Gasteiger partial charge in [0, 0.05) is 48.0 Å². The molecular formula is C29H31N5O5S. The molecule has 40 heavy (non-hydrogen) atoms. The summed E-state index contributed by atoms with van der Waals surface area (Å²) in [6.45, 7) is 6.55. The minimum absolute atomic E-state index is 0.180. The molecule has 4 heterocycles. The monoisotopic (exact) mass is 561 g/mol. The lowest BCUT2D eigenvalue weighted by Crippen LogP contribution is -2.44. The molecule has 1 N–H and O–H groups in total. The summed E-state index contributed by atoms with van der Waals surface area (Å²) in [5.74, 6) is 1.57. The molecule has 2 aromatic heterocycles. The lowest BCUT2D eigenvalue weighted by atomic mass is 9.90. The number of allylic oxidation sites excluding steroid dienone is 4.